The Morgan fingerprint density at radius 1 is 1.40 bits per heavy atom. The van der Waals surface area contributed by atoms with E-state index in [2.05, 4.69) is 13.8 Å². The zero-order valence-corrected chi connectivity index (χ0v) is 9.83. The first kappa shape index (κ1) is 11.8. The summed E-state index contributed by atoms with van der Waals surface area (Å²) in [7, 11) is 0. The number of rotatable bonds is 3. The topological polar surface area (TPSA) is 26.3 Å². The van der Waals surface area contributed by atoms with Crippen LogP contribution in [0.25, 0.3) is 0 Å². The highest BCUT2D eigenvalue weighted by Gasteiger charge is 2.14. The van der Waals surface area contributed by atoms with Crippen LogP contribution in [0.4, 0.5) is 0 Å². The number of ether oxygens (including phenoxy) is 1. The molecule has 82 valence electrons. The Kier molecular flexibility index (Phi) is 3.89. The largest absolute Gasteiger partial charge is 0.462 e. The highest BCUT2D eigenvalue weighted by molar-refractivity contribution is 5.91. The standard InChI is InChI=1S/C13H18O2/c1-5-15-13(14)12-8-10(4)6-7-11(12)9(2)3/h6-9H,5H2,1-4H3. The molecule has 0 spiro atoms. The third-order valence-corrected chi connectivity index (χ3v) is 2.33. The van der Waals surface area contributed by atoms with Crippen LogP contribution in [0.3, 0.4) is 0 Å². The molecule has 1 aromatic carbocycles. The van der Waals surface area contributed by atoms with Crippen molar-refractivity contribution in [3.63, 3.8) is 0 Å². The van der Waals surface area contributed by atoms with E-state index in [1.807, 2.05) is 32.0 Å². The maximum Gasteiger partial charge on any atom is 0.338 e. The Labute approximate surface area is 91.3 Å². The van der Waals surface area contributed by atoms with Crippen LogP contribution in [0.2, 0.25) is 0 Å². The van der Waals surface area contributed by atoms with Gasteiger partial charge in [-0.1, -0.05) is 31.5 Å². The second-order valence-electron chi connectivity index (χ2n) is 3.97. The molecule has 0 amide bonds. The fourth-order valence-corrected chi connectivity index (χ4v) is 1.56. The van der Waals surface area contributed by atoms with Crippen molar-refractivity contribution >= 4 is 5.97 Å². The molecule has 0 fully saturated rings. The van der Waals surface area contributed by atoms with Gasteiger partial charge in [-0.05, 0) is 31.4 Å². The highest BCUT2D eigenvalue weighted by atomic mass is 16.5. The molecular formula is C13H18O2. The van der Waals surface area contributed by atoms with Crippen molar-refractivity contribution in [2.24, 2.45) is 0 Å². The molecular weight excluding hydrogens is 188 g/mol. The summed E-state index contributed by atoms with van der Waals surface area (Å²) in [5.74, 6) is 0.120. The van der Waals surface area contributed by atoms with Gasteiger partial charge >= 0.3 is 5.97 Å². The van der Waals surface area contributed by atoms with Crippen molar-refractivity contribution in [3.8, 4) is 0 Å². The van der Waals surface area contributed by atoms with Crippen LogP contribution in [-0.2, 0) is 4.74 Å². The molecule has 15 heavy (non-hydrogen) atoms. The minimum absolute atomic E-state index is 0.218. The van der Waals surface area contributed by atoms with E-state index in [1.54, 1.807) is 0 Å². The van der Waals surface area contributed by atoms with E-state index < -0.39 is 0 Å². The molecule has 0 saturated carbocycles. The van der Waals surface area contributed by atoms with Crippen LogP contribution >= 0.6 is 0 Å². The van der Waals surface area contributed by atoms with Crippen LogP contribution in [0.5, 0.6) is 0 Å². The molecule has 0 aliphatic carbocycles. The molecule has 0 unspecified atom stereocenters. The number of carbonyl (C=O) groups is 1. The van der Waals surface area contributed by atoms with Gasteiger partial charge < -0.3 is 4.74 Å². The van der Waals surface area contributed by atoms with Crippen LogP contribution in [0.1, 0.15) is 48.2 Å². The van der Waals surface area contributed by atoms with E-state index in [0.717, 1.165) is 11.1 Å². The average Bonchev–Trinajstić information content (AvgIpc) is 2.17. The van der Waals surface area contributed by atoms with E-state index >= 15 is 0 Å². The molecule has 0 aliphatic rings. The quantitative estimate of drug-likeness (QED) is 0.709. The van der Waals surface area contributed by atoms with E-state index in [0.29, 0.717) is 18.1 Å². The maximum atomic E-state index is 11.7. The second-order valence-corrected chi connectivity index (χ2v) is 3.97. The molecule has 0 saturated heterocycles. The molecule has 1 aromatic rings. The fourth-order valence-electron chi connectivity index (χ4n) is 1.56. The summed E-state index contributed by atoms with van der Waals surface area (Å²) >= 11 is 0. The minimum Gasteiger partial charge on any atom is -0.462 e. The van der Waals surface area contributed by atoms with Gasteiger partial charge in [-0.3, -0.25) is 0 Å². The predicted molar refractivity (Wildman–Crippen MR) is 61.2 cm³/mol. The van der Waals surface area contributed by atoms with Gasteiger partial charge in [-0.25, -0.2) is 4.79 Å². The van der Waals surface area contributed by atoms with Crippen molar-refractivity contribution in [3.05, 3.63) is 34.9 Å². The molecule has 0 N–H and O–H groups in total. The van der Waals surface area contributed by atoms with Gasteiger partial charge in [0.25, 0.3) is 0 Å². The maximum absolute atomic E-state index is 11.7. The normalized spacial score (nSPS) is 10.5. The van der Waals surface area contributed by atoms with Crippen LogP contribution in [0, 0.1) is 6.92 Å². The summed E-state index contributed by atoms with van der Waals surface area (Å²) in [6.07, 6.45) is 0. The first-order valence-corrected chi connectivity index (χ1v) is 5.34. The van der Waals surface area contributed by atoms with Crippen molar-refractivity contribution < 1.29 is 9.53 Å². The third kappa shape index (κ3) is 2.82. The number of aryl methyl sites for hydroxylation is 1. The molecule has 0 radical (unpaired) electrons. The second kappa shape index (κ2) is 4.96. The molecule has 1 rings (SSSR count). The lowest BCUT2D eigenvalue weighted by Crippen LogP contribution is -2.09. The van der Waals surface area contributed by atoms with Crippen molar-refractivity contribution in [2.45, 2.75) is 33.6 Å². The molecule has 0 bridgehead atoms. The molecule has 0 aliphatic heterocycles. The molecule has 0 heterocycles. The summed E-state index contributed by atoms with van der Waals surface area (Å²) in [4.78, 5) is 11.7. The van der Waals surface area contributed by atoms with Crippen LogP contribution in [-0.4, -0.2) is 12.6 Å². The Bertz CT molecular complexity index is 354. The summed E-state index contributed by atoms with van der Waals surface area (Å²) in [5, 5.41) is 0. The lowest BCUT2D eigenvalue weighted by molar-refractivity contribution is 0.0524. The Morgan fingerprint density at radius 3 is 2.60 bits per heavy atom. The Hall–Kier alpha value is -1.31. The molecule has 0 atom stereocenters. The predicted octanol–water partition coefficient (Wildman–Crippen LogP) is 3.30. The first-order valence-electron chi connectivity index (χ1n) is 5.34. The van der Waals surface area contributed by atoms with Gasteiger partial charge in [0.05, 0.1) is 12.2 Å². The van der Waals surface area contributed by atoms with Crippen LogP contribution < -0.4 is 0 Å². The lowest BCUT2D eigenvalue weighted by atomic mass is 9.95. The summed E-state index contributed by atoms with van der Waals surface area (Å²) in [6.45, 7) is 8.38. The van der Waals surface area contributed by atoms with Gasteiger partial charge in [-0.2, -0.15) is 0 Å². The smallest absolute Gasteiger partial charge is 0.338 e. The van der Waals surface area contributed by atoms with Crippen molar-refractivity contribution in [1.82, 2.24) is 0 Å². The SMILES string of the molecule is CCOC(=O)c1cc(C)ccc1C(C)C. The molecule has 2 heteroatoms. The van der Waals surface area contributed by atoms with Gasteiger partial charge in [-0.15, -0.1) is 0 Å². The number of hydrogen-bond donors (Lipinski definition) is 0. The minimum atomic E-state index is -0.218. The Morgan fingerprint density at radius 2 is 2.07 bits per heavy atom. The van der Waals surface area contributed by atoms with Gasteiger partial charge in [0, 0.05) is 0 Å². The highest BCUT2D eigenvalue weighted by Crippen LogP contribution is 2.21. The summed E-state index contributed by atoms with van der Waals surface area (Å²) < 4.78 is 5.03. The van der Waals surface area contributed by atoms with Crippen molar-refractivity contribution in [1.29, 1.82) is 0 Å². The average molecular weight is 206 g/mol. The first-order chi connectivity index (χ1) is 7.06. The van der Waals surface area contributed by atoms with E-state index in [1.165, 1.54) is 0 Å². The zero-order valence-electron chi connectivity index (χ0n) is 9.83. The number of hydrogen-bond acceptors (Lipinski definition) is 2. The third-order valence-electron chi connectivity index (χ3n) is 2.33. The molecule has 0 aromatic heterocycles. The van der Waals surface area contributed by atoms with Gasteiger partial charge in [0.2, 0.25) is 0 Å². The molecule has 2 nitrogen and oxygen atoms in total. The number of carbonyl (C=O) groups excluding carboxylic acids is 1. The van der Waals surface area contributed by atoms with E-state index in [4.69, 9.17) is 4.74 Å². The zero-order chi connectivity index (χ0) is 11.4. The van der Waals surface area contributed by atoms with Gasteiger partial charge in [0.1, 0.15) is 0 Å². The number of benzene rings is 1. The van der Waals surface area contributed by atoms with Crippen molar-refractivity contribution in [2.75, 3.05) is 6.61 Å². The summed E-state index contributed by atoms with van der Waals surface area (Å²) in [5.41, 5.74) is 2.84. The van der Waals surface area contributed by atoms with Gasteiger partial charge in [0.15, 0.2) is 0 Å². The van der Waals surface area contributed by atoms with Crippen LogP contribution in [0.15, 0.2) is 18.2 Å². The number of esters is 1. The van der Waals surface area contributed by atoms with E-state index in [9.17, 15) is 4.79 Å². The monoisotopic (exact) mass is 206 g/mol. The Balaban J connectivity index is 3.12. The lowest BCUT2D eigenvalue weighted by Gasteiger charge is -2.12. The summed E-state index contributed by atoms with van der Waals surface area (Å²) in [6, 6.07) is 5.93. The van der Waals surface area contributed by atoms with E-state index in [-0.39, 0.29) is 5.97 Å². The fraction of sp³-hybridized carbons (Fsp3) is 0.462.